The largest absolute Gasteiger partial charge is 0.455 e. The van der Waals surface area contributed by atoms with Gasteiger partial charge in [0.05, 0.1) is 11.8 Å². The van der Waals surface area contributed by atoms with E-state index in [9.17, 15) is 4.79 Å². The third kappa shape index (κ3) is 4.95. The molecule has 1 saturated carbocycles. The highest BCUT2D eigenvalue weighted by Gasteiger charge is 2.27. The molecule has 0 atom stereocenters. The number of nitrogens with zero attached hydrogens (tertiary/aromatic N) is 1. The van der Waals surface area contributed by atoms with Gasteiger partial charge in [0.15, 0.2) is 0 Å². The van der Waals surface area contributed by atoms with E-state index in [0.717, 1.165) is 59.6 Å². The lowest BCUT2D eigenvalue weighted by molar-refractivity contribution is 0.0927. The number of aliphatic imine (C=N–C) groups is 1. The van der Waals surface area contributed by atoms with Crippen molar-refractivity contribution in [2.75, 3.05) is 0 Å². The molecule has 1 fully saturated rings. The molecule has 172 valence electrons. The number of hydrogen-bond donors (Lipinski definition) is 1. The van der Waals surface area contributed by atoms with E-state index in [4.69, 9.17) is 21.0 Å². The number of amides is 1. The SMILES string of the molecule is Cc1ccc(Cl)cc1-c1ccc(/C=N\c2sc3c(c2C(=O)NC2CCCCC2)CCCC3)o1. The molecule has 2 aliphatic rings. The maximum Gasteiger partial charge on any atom is 0.254 e. The van der Waals surface area contributed by atoms with Crippen molar-refractivity contribution in [2.45, 2.75) is 70.8 Å². The van der Waals surface area contributed by atoms with E-state index < -0.39 is 0 Å². The lowest BCUT2D eigenvalue weighted by atomic mass is 9.93. The topological polar surface area (TPSA) is 54.6 Å². The molecule has 0 saturated heterocycles. The van der Waals surface area contributed by atoms with Crippen LogP contribution in [-0.4, -0.2) is 18.2 Å². The standard InChI is InChI=1S/C27H29ClN2O2S/c1-17-11-12-18(28)15-22(17)23-14-13-20(32-23)16-29-27-25(21-9-5-6-10-24(21)33-27)26(31)30-19-7-3-2-4-8-19/h11-16,19H,2-10H2,1H3,(H,30,31)/b29-16-. The lowest BCUT2D eigenvalue weighted by Crippen LogP contribution is -2.36. The van der Waals surface area contributed by atoms with Crippen LogP contribution in [0.4, 0.5) is 5.00 Å². The Morgan fingerprint density at radius 2 is 1.94 bits per heavy atom. The number of carbonyl (C=O) groups is 1. The minimum Gasteiger partial charge on any atom is -0.455 e. The average Bonchev–Trinajstić information content (AvgIpc) is 3.44. The van der Waals surface area contributed by atoms with Gasteiger partial charge in [0.25, 0.3) is 5.91 Å². The summed E-state index contributed by atoms with van der Waals surface area (Å²) in [6, 6.07) is 9.92. The Hall–Kier alpha value is -2.37. The molecule has 2 heterocycles. The second kappa shape index (κ2) is 9.86. The first-order valence-corrected chi connectivity index (χ1v) is 13.1. The zero-order valence-corrected chi connectivity index (χ0v) is 20.5. The van der Waals surface area contributed by atoms with E-state index in [0.29, 0.717) is 10.8 Å². The van der Waals surface area contributed by atoms with Crippen molar-refractivity contribution in [2.24, 2.45) is 4.99 Å². The summed E-state index contributed by atoms with van der Waals surface area (Å²) in [7, 11) is 0. The summed E-state index contributed by atoms with van der Waals surface area (Å²) < 4.78 is 6.05. The van der Waals surface area contributed by atoms with Gasteiger partial charge in [0.2, 0.25) is 0 Å². The molecule has 2 aliphatic carbocycles. The van der Waals surface area contributed by atoms with Gasteiger partial charge in [-0.1, -0.05) is 36.9 Å². The van der Waals surface area contributed by atoms with Gasteiger partial charge < -0.3 is 9.73 Å². The van der Waals surface area contributed by atoms with Crippen LogP contribution in [0.3, 0.4) is 0 Å². The fourth-order valence-electron chi connectivity index (χ4n) is 4.93. The molecule has 1 amide bonds. The summed E-state index contributed by atoms with van der Waals surface area (Å²) in [6.45, 7) is 2.04. The van der Waals surface area contributed by atoms with Gasteiger partial charge in [-0.3, -0.25) is 4.79 Å². The molecule has 0 aliphatic heterocycles. The van der Waals surface area contributed by atoms with E-state index in [-0.39, 0.29) is 11.9 Å². The van der Waals surface area contributed by atoms with E-state index >= 15 is 0 Å². The summed E-state index contributed by atoms with van der Waals surface area (Å²) in [5.41, 5.74) is 4.07. The zero-order valence-electron chi connectivity index (χ0n) is 19.0. The van der Waals surface area contributed by atoms with E-state index in [2.05, 4.69) is 5.32 Å². The molecule has 0 unspecified atom stereocenters. The summed E-state index contributed by atoms with van der Waals surface area (Å²) in [5.74, 6) is 1.47. The van der Waals surface area contributed by atoms with Gasteiger partial charge >= 0.3 is 0 Å². The lowest BCUT2D eigenvalue weighted by Gasteiger charge is -2.23. The van der Waals surface area contributed by atoms with Gasteiger partial charge in [-0.15, -0.1) is 11.3 Å². The third-order valence-corrected chi connectivity index (χ3v) is 8.16. The highest BCUT2D eigenvalue weighted by atomic mass is 35.5. The second-order valence-corrected chi connectivity index (χ2v) is 10.6. The van der Waals surface area contributed by atoms with Crippen molar-refractivity contribution < 1.29 is 9.21 Å². The minimum absolute atomic E-state index is 0.0446. The smallest absolute Gasteiger partial charge is 0.254 e. The molecule has 1 N–H and O–H groups in total. The molecule has 4 nitrogen and oxygen atoms in total. The van der Waals surface area contributed by atoms with Crippen LogP contribution in [0, 0.1) is 6.92 Å². The molecule has 0 bridgehead atoms. The van der Waals surface area contributed by atoms with E-state index in [1.54, 1.807) is 17.6 Å². The van der Waals surface area contributed by atoms with Crippen molar-refractivity contribution >= 4 is 40.1 Å². The van der Waals surface area contributed by atoms with E-state index in [1.807, 2.05) is 37.3 Å². The quantitative estimate of drug-likeness (QED) is 0.381. The molecular formula is C27H29ClN2O2S. The summed E-state index contributed by atoms with van der Waals surface area (Å²) in [5, 5.41) is 4.78. The first-order valence-electron chi connectivity index (χ1n) is 11.9. The van der Waals surface area contributed by atoms with Gasteiger partial charge in [0.1, 0.15) is 16.5 Å². The van der Waals surface area contributed by atoms with Crippen LogP contribution in [0.15, 0.2) is 39.7 Å². The minimum atomic E-state index is 0.0446. The number of fused-ring (bicyclic) bond motifs is 1. The first-order chi connectivity index (χ1) is 16.1. The molecule has 6 heteroatoms. The van der Waals surface area contributed by atoms with Gasteiger partial charge in [0, 0.05) is 21.5 Å². The fraction of sp³-hybridized carbons (Fsp3) is 0.407. The third-order valence-electron chi connectivity index (χ3n) is 6.72. The molecule has 0 spiro atoms. The first kappa shape index (κ1) is 22.4. The number of thiophene rings is 1. The van der Waals surface area contributed by atoms with Gasteiger partial charge in [-0.25, -0.2) is 4.99 Å². The Kier molecular flexibility index (Phi) is 6.70. The zero-order chi connectivity index (χ0) is 22.8. The number of furan rings is 1. The molecule has 5 rings (SSSR count). The van der Waals surface area contributed by atoms with Gasteiger partial charge in [-0.2, -0.15) is 0 Å². The Balaban J connectivity index is 1.41. The van der Waals surface area contributed by atoms with Crippen molar-refractivity contribution in [3.8, 4) is 11.3 Å². The Bertz CT molecular complexity index is 1190. The average molecular weight is 481 g/mol. The van der Waals surface area contributed by atoms with Gasteiger partial charge in [-0.05, 0) is 80.8 Å². The van der Waals surface area contributed by atoms with Crippen LogP contribution in [0.25, 0.3) is 11.3 Å². The molecule has 3 aromatic rings. The summed E-state index contributed by atoms with van der Waals surface area (Å²) in [6.07, 6.45) is 11.9. The number of rotatable bonds is 5. The Morgan fingerprint density at radius 1 is 1.12 bits per heavy atom. The molecule has 2 aromatic heterocycles. The predicted octanol–water partition coefficient (Wildman–Crippen LogP) is 7.66. The number of carbonyl (C=O) groups excluding carboxylic acids is 1. The van der Waals surface area contributed by atoms with Crippen molar-refractivity contribution in [1.29, 1.82) is 0 Å². The van der Waals surface area contributed by atoms with E-state index in [1.165, 1.54) is 36.1 Å². The van der Waals surface area contributed by atoms with Crippen LogP contribution in [0.5, 0.6) is 0 Å². The van der Waals surface area contributed by atoms with Crippen LogP contribution in [0.2, 0.25) is 5.02 Å². The summed E-state index contributed by atoms with van der Waals surface area (Å²) >= 11 is 7.84. The number of hydrogen-bond acceptors (Lipinski definition) is 4. The number of nitrogens with one attached hydrogen (secondary N) is 1. The summed E-state index contributed by atoms with van der Waals surface area (Å²) in [4.78, 5) is 19.4. The van der Waals surface area contributed by atoms with Crippen LogP contribution < -0.4 is 5.32 Å². The van der Waals surface area contributed by atoms with Crippen molar-refractivity contribution in [3.63, 3.8) is 0 Å². The van der Waals surface area contributed by atoms with Crippen molar-refractivity contribution in [3.05, 3.63) is 62.7 Å². The van der Waals surface area contributed by atoms with Crippen LogP contribution in [-0.2, 0) is 12.8 Å². The van der Waals surface area contributed by atoms with Crippen LogP contribution >= 0.6 is 22.9 Å². The highest BCUT2D eigenvalue weighted by Crippen LogP contribution is 2.40. The normalized spacial score (nSPS) is 16.8. The predicted molar refractivity (Wildman–Crippen MR) is 136 cm³/mol. The van der Waals surface area contributed by atoms with Crippen LogP contribution in [0.1, 0.15) is 77.1 Å². The number of halogens is 1. The fourth-order valence-corrected chi connectivity index (χ4v) is 6.33. The number of aryl methyl sites for hydroxylation is 2. The molecular weight excluding hydrogens is 452 g/mol. The molecule has 0 radical (unpaired) electrons. The van der Waals surface area contributed by atoms with Crippen molar-refractivity contribution in [1.82, 2.24) is 5.32 Å². The Morgan fingerprint density at radius 3 is 2.79 bits per heavy atom. The maximum absolute atomic E-state index is 13.3. The maximum atomic E-state index is 13.3. The Labute approximate surface area is 204 Å². The molecule has 1 aromatic carbocycles. The number of benzene rings is 1. The monoisotopic (exact) mass is 480 g/mol. The highest BCUT2D eigenvalue weighted by molar-refractivity contribution is 7.16. The second-order valence-electron chi connectivity index (χ2n) is 9.12. The molecule has 33 heavy (non-hydrogen) atoms.